The Morgan fingerprint density at radius 3 is 3.05 bits per heavy atom. The Balaban J connectivity index is 1.94. The van der Waals surface area contributed by atoms with E-state index in [4.69, 9.17) is 9.47 Å². The van der Waals surface area contributed by atoms with Crippen LogP contribution in [0.4, 0.5) is 5.69 Å². The van der Waals surface area contributed by atoms with Crippen molar-refractivity contribution in [1.82, 2.24) is 0 Å². The fraction of sp³-hybridized carbons (Fsp3) is 0.625. The number of aliphatic hydroxyl groups is 2. The van der Waals surface area contributed by atoms with Gasteiger partial charge >= 0.3 is 0 Å². The van der Waals surface area contributed by atoms with Crippen LogP contribution in [0.1, 0.15) is 25.3 Å². The van der Waals surface area contributed by atoms with Crippen molar-refractivity contribution < 1.29 is 19.7 Å². The number of β-amino-alcohol motifs (C(OH)–C–C–N with tert-alkyl or cyclic N) is 1. The van der Waals surface area contributed by atoms with Crippen LogP contribution < -0.4 is 9.64 Å². The topological polar surface area (TPSA) is 62.2 Å². The van der Waals surface area contributed by atoms with Gasteiger partial charge in [-0.3, -0.25) is 0 Å². The van der Waals surface area contributed by atoms with Crippen LogP contribution in [0.2, 0.25) is 0 Å². The third-order valence-corrected chi connectivity index (χ3v) is 3.58. The molecule has 1 heterocycles. The zero-order chi connectivity index (χ0) is 15.1. The van der Waals surface area contributed by atoms with Gasteiger partial charge in [-0.15, -0.1) is 0 Å². The molecule has 118 valence electrons. The third-order valence-electron chi connectivity index (χ3n) is 3.58. The smallest absolute Gasteiger partial charge is 0.148 e. The number of rotatable bonds is 8. The van der Waals surface area contributed by atoms with Gasteiger partial charge in [0.05, 0.1) is 31.5 Å². The highest BCUT2D eigenvalue weighted by atomic mass is 16.5. The van der Waals surface area contributed by atoms with Crippen LogP contribution in [-0.4, -0.2) is 49.2 Å². The number of benzene rings is 1. The highest BCUT2D eigenvalue weighted by Gasteiger charge is 2.22. The molecule has 1 aliphatic rings. The molecule has 0 spiro atoms. The molecule has 0 aromatic heterocycles. The van der Waals surface area contributed by atoms with Gasteiger partial charge in [-0.25, -0.2) is 0 Å². The molecule has 1 atom stereocenters. The van der Waals surface area contributed by atoms with Crippen LogP contribution in [-0.2, 0) is 11.3 Å². The van der Waals surface area contributed by atoms with E-state index in [1.54, 1.807) is 0 Å². The van der Waals surface area contributed by atoms with Gasteiger partial charge < -0.3 is 24.6 Å². The average molecular weight is 295 g/mol. The lowest BCUT2D eigenvalue weighted by atomic mass is 10.1. The predicted molar refractivity (Wildman–Crippen MR) is 81.8 cm³/mol. The molecule has 1 aromatic carbocycles. The minimum absolute atomic E-state index is 0.0420. The van der Waals surface area contributed by atoms with Crippen LogP contribution in [0.3, 0.4) is 0 Å². The first-order chi connectivity index (χ1) is 10.3. The van der Waals surface area contributed by atoms with Crippen molar-refractivity contribution in [2.24, 2.45) is 0 Å². The van der Waals surface area contributed by atoms with E-state index in [1.807, 2.05) is 18.2 Å². The molecule has 1 aromatic rings. The maximum Gasteiger partial charge on any atom is 0.148 e. The lowest BCUT2D eigenvalue weighted by Gasteiger charge is -2.33. The van der Waals surface area contributed by atoms with Crippen molar-refractivity contribution in [3.8, 4) is 5.75 Å². The number of ether oxygens (including phenoxy) is 2. The molecule has 0 amide bonds. The van der Waals surface area contributed by atoms with E-state index in [9.17, 15) is 10.2 Å². The Bertz CT molecular complexity index is 438. The number of para-hydroxylation sites is 1. The quantitative estimate of drug-likeness (QED) is 0.713. The molecule has 21 heavy (non-hydrogen) atoms. The summed E-state index contributed by atoms with van der Waals surface area (Å²) < 4.78 is 11.1. The predicted octanol–water partition coefficient (Wildman–Crippen LogP) is 1.56. The van der Waals surface area contributed by atoms with Gasteiger partial charge in [0.25, 0.3) is 0 Å². The lowest BCUT2D eigenvalue weighted by Crippen LogP contribution is -2.40. The zero-order valence-corrected chi connectivity index (χ0v) is 12.6. The van der Waals surface area contributed by atoms with E-state index < -0.39 is 6.10 Å². The Kier molecular flexibility index (Phi) is 6.29. The van der Waals surface area contributed by atoms with E-state index in [0.717, 1.165) is 36.4 Å². The number of aliphatic hydroxyl groups excluding tert-OH is 2. The van der Waals surface area contributed by atoms with Crippen molar-refractivity contribution in [2.75, 3.05) is 37.8 Å². The van der Waals surface area contributed by atoms with Gasteiger partial charge in [-0.05, 0) is 12.5 Å². The molecule has 1 aliphatic heterocycles. The van der Waals surface area contributed by atoms with Crippen LogP contribution in [0.5, 0.6) is 5.75 Å². The minimum Gasteiger partial charge on any atom is -0.489 e. The fourth-order valence-corrected chi connectivity index (χ4v) is 2.45. The summed E-state index contributed by atoms with van der Waals surface area (Å²) in [4.78, 5) is 2.09. The number of unbranched alkanes of at least 4 members (excludes halogenated alkanes) is 1. The SMILES string of the molecule is CCCCOCC(O)CN1CCOc2c(CO)cccc21. The molecule has 0 aliphatic carbocycles. The molecular formula is C16H25NO4. The van der Waals surface area contributed by atoms with E-state index in [2.05, 4.69) is 11.8 Å². The van der Waals surface area contributed by atoms with Gasteiger partial charge in [0.15, 0.2) is 0 Å². The van der Waals surface area contributed by atoms with Crippen LogP contribution in [0, 0.1) is 0 Å². The summed E-state index contributed by atoms with van der Waals surface area (Å²) in [6.07, 6.45) is 1.59. The number of nitrogens with zero attached hydrogens (tertiary/aromatic N) is 1. The van der Waals surface area contributed by atoms with Crippen LogP contribution in [0.25, 0.3) is 0 Å². The summed E-state index contributed by atoms with van der Waals surface area (Å²) >= 11 is 0. The van der Waals surface area contributed by atoms with E-state index in [-0.39, 0.29) is 6.61 Å². The normalized spacial score (nSPS) is 15.5. The van der Waals surface area contributed by atoms with Crippen molar-refractivity contribution in [2.45, 2.75) is 32.5 Å². The first kappa shape index (κ1) is 16.1. The van der Waals surface area contributed by atoms with Crippen molar-refractivity contribution in [1.29, 1.82) is 0 Å². The highest BCUT2D eigenvalue weighted by molar-refractivity contribution is 5.63. The molecule has 2 N–H and O–H groups in total. The Labute approximate surface area is 126 Å². The van der Waals surface area contributed by atoms with Crippen molar-refractivity contribution in [3.63, 3.8) is 0 Å². The van der Waals surface area contributed by atoms with E-state index in [1.165, 1.54) is 0 Å². The maximum atomic E-state index is 10.1. The summed E-state index contributed by atoms with van der Waals surface area (Å²) in [6, 6.07) is 5.71. The summed E-state index contributed by atoms with van der Waals surface area (Å²) in [5.41, 5.74) is 1.71. The number of hydrogen-bond donors (Lipinski definition) is 2. The Hall–Kier alpha value is -1.30. The second kappa shape index (κ2) is 8.22. The standard InChI is InChI=1S/C16H25NO4/c1-2-3-8-20-12-14(19)10-17-7-9-21-16-13(11-18)5-4-6-15(16)17/h4-6,14,18-19H,2-3,7-12H2,1H3. The summed E-state index contributed by atoms with van der Waals surface area (Å²) in [5, 5.41) is 19.5. The fourth-order valence-electron chi connectivity index (χ4n) is 2.45. The molecule has 0 saturated carbocycles. The van der Waals surface area contributed by atoms with E-state index >= 15 is 0 Å². The Morgan fingerprint density at radius 2 is 2.29 bits per heavy atom. The molecule has 0 saturated heterocycles. The van der Waals surface area contributed by atoms with E-state index in [0.29, 0.717) is 26.4 Å². The third kappa shape index (κ3) is 4.33. The van der Waals surface area contributed by atoms with Gasteiger partial charge in [0.1, 0.15) is 12.4 Å². The van der Waals surface area contributed by atoms with Crippen molar-refractivity contribution >= 4 is 5.69 Å². The molecule has 5 nitrogen and oxygen atoms in total. The van der Waals surface area contributed by atoms with Crippen molar-refractivity contribution in [3.05, 3.63) is 23.8 Å². The summed E-state index contributed by atoms with van der Waals surface area (Å²) in [7, 11) is 0. The van der Waals surface area contributed by atoms with Gasteiger partial charge in [0.2, 0.25) is 0 Å². The molecule has 2 rings (SSSR count). The number of anilines is 1. The lowest BCUT2D eigenvalue weighted by molar-refractivity contribution is 0.0385. The number of fused-ring (bicyclic) bond motifs is 1. The molecule has 1 unspecified atom stereocenters. The molecule has 0 fully saturated rings. The summed E-state index contributed by atoms with van der Waals surface area (Å²) in [6.45, 7) is 4.93. The van der Waals surface area contributed by atoms with Gasteiger partial charge in [0, 0.05) is 18.7 Å². The van der Waals surface area contributed by atoms with Gasteiger partial charge in [-0.2, -0.15) is 0 Å². The molecular weight excluding hydrogens is 270 g/mol. The zero-order valence-electron chi connectivity index (χ0n) is 12.6. The van der Waals surface area contributed by atoms with Gasteiger partial charge in [-0.1, -0.05) is 25.5 Å². The molecule has 0 bridgehead atoms. The number of hydrogen-bond acceptors (Lipinski definition) is 5. The highest BCUT2D eigenvalue weighted by Crippen LogP contribution is 2.34. The molecule has 5 heteroatoms. The first-order valence-corrected chi connectivity index (χ1v) is 7.62. The van der Waals surface area contributed by atoms with Crippen LogP contribution >= 0.6 is 0 Å². The maximum absolute atomic E-state index is 10.1. The second-order valence-corrected chi connectivity index (χ2v) is 5.30. The second-order valence-electron chi connectivity index (χ2n) is 5.30. The molecule has 0 radical (unpaired) electrons. The summed E-state index contributed by atoms with van der Waals surface area (Å²) in [5.74, 6) is 0.727. The minimum atomic E-state index is -0.523. The Morgan fingerprint density at radius 1 is 1.43 bits per heavy atom. The monoisotopic (exact) mass is 295 g/mol. The largest absolute Gasteiger partial charge is 0.489 e. The van der Waals surface area contributed by atoms with Crippen LogP contribution in [0.15, 0.2) is 18.2 Å². The average Bonchev–Trinajstić information content (AvgIpc) is 2.51. The first-order valence-electron chi connectivity index (χ1n) is 7.62.